The maximum absolute atomic E-state index is 13.5. The Labute approximate surface area is 171 Å². The zero-order chi connectivity index (χ0) is 20.5. The lowest BCUT2D eigenvalue weighted by molar-refractivity contribution is -0.128. The highest BCUT2D eigenvalue weighted by Crippen LogP contribution is 2.53. The van der Waals surface area contributed by atoms with E-state index in [4.69, 9.17) is 14.2 Å². The first-order chi connectivity index (χ1) is 14.5. The van der Waals surface area contributed by atoms with Crippen molar-refractivity contribution < 1.29 is 28.2 Å². The molecule has 152 valence electrons. The molecule has 2 aromatic carbocycles. The molecule has 1 spiro atoms. The Balaban J connectivity index is 1.30. The Hall–Kier alpha value is -3.39. The molecule has 4 aliphatic rings. The quantitative estimate of drug-likeness (QED) is 0.790. The van der Waals surface area contributed by atoms with Gasteiger partial charge in [0.1, 0.15) is 11.4 Å². The molecule has 0 saturated carbocycles. The van der Waals surface area contributed by atoms with Gasteiger partial charge in [0, 0.05) is 17.4 Å². The molecule has 2 fully saturated rings. The van der Waals surface area contributed by atoms with Crippen LogP contribution in [0.1, 0.15) is 0 Å². The molecule has 0 aromatic heterocycles. The highest BCUT2D eigenvalue weighted by Gasteiger charge is 2.67. The van der Waals surface area contributed by atoms with Gasteiger partial charge >= 0.3 is 0 Å². The maximum Gasteiger partial charge on any atom is 0.234 e. The monoisotopic (exact) mass is 408 g/mol. The number of amides is 2. The van der Waals surface area contributed by atoms with Crippen LogP contribution in [0.4, 0.5) is 15.8 Å². The second kappa shape index (κ2) is 6.06. The van der Waals surface area contributed by atoms with Crippen molar-refractivity contribution in [3.05, 3.63) is 60.4 Å². The second-order valence-electron chi connectivity index (χ2n) is 7.86. The summed E-state index contributed by atoms with van der Waals surface area (Å²) >= 11 is 0. The number of hydrogen-bond donors (Lipinski definition) is 1. The lowest BCUT2D eigenvalue weighted by Crippen LogP contribution is -2.41. The zero-order valence-corrected chi connectivity index (χ0v) is 15.7. The molecule has 0 aliphatic carbocycles. The standard InChI is InChI=1S/C22H17FN2O5/c23-12-2-1-3-13(8-12)24-20(26)18-16-6-7-22(30-16)10-25(21(27)19(18)22)14-4-5-15-17(9-14)29-11-28-15/h1-9,16,18-19H,10-11H2,(H,24,26)/t16-,18-,19-,22+/m0/s1. The number of nitrogens with one attached hydrogen (secondary N) is 1. The Bertz CT molecular complexity index is 1120. The van der Waals surface area contributed by atoms with Crippen LogP contribution in [0.15, 0.2) is 54.6 Å². The van der Waals surface area contributed by atoms with Crippen LogP contribution >= 0.6 is 0 Å². The van der Waals surface area contributed by atoms with Gasteiger partial charge in [-0.15, -0.1) is 0 Å². The van der Waals surface area contributed by atoms with Gasteiger partial charge in [-0.1, -0.05) is 18.2 Å². The highest BCUT2D eigenvalue weighted by molar-refractivity contribution is 6.05. The lowest BCUT2D eigenvalue weighted by Gasteiger charge is -2.23. The van der Waals surface area contributed by atoms with E-state index in [1.54, 1.807) is 29.2 Å². The highest BCUT2D eigenvalue weighted by atomic mass is 19.1. The van der Waals surface area contributed by atoms with E-state index in [9.17, 15) is 14.0 Å². The Morgan fingerprint density at radius 2 is 2.03 bits per heavy atom. The van der Waals surface area contributed by atoms with Gasteiger partial charge in [-0.05, 0) is 30.3 Å². The number of carbonyl (C=O) groups is 2. The Morgan fingerprint density at radius 1 is 1.17 bits per heavy atom. The topological polar surface area (TPSA) is 77.1 Å². The van der Waals surface area contributed by atoms with Crippen molar-refractivity contribution in [1.82, 2.24) is 0 Å². The molecule has 30 heavy (non-hydrogen) atoms. The molecule has 8 heteroatoms. The number of halogens is 1. The van der Waals surface area contributed by atoms with Crippen molar-refractivity contribution in [2.45, 2.75) is 11.7 Å². The summed E-state index contributed by atoms with van der Waals surface area (Å²) in [7, 11) is 0. The van der Waals surface area contributed by atoms with E-state index < -0.39 is 29.4 Å². The van der Waals surface area contributed by atoms with Gasteiger partial charge in [0.25, 0.3) is 0 Å². The van der Waals surface area contributed by atoms with Crippen LogP contribution in [-0.2, 0) is 14.3 Å². The molecule has 6 rings (SSSR count). The second-order valence-corrected chi connectivity index (χ2v) is 7.86. The molecule has 4 heterocycles. The van der Waals surface area contributed by atoms with E-state index in [0.29, 0.717) is 29.4 Å². The number of nitrogens with zero attached hydrogens (tertiary/aromatic N) is 1. The number of anilines is 2. The Kier molecular flexibility index (Phi) is 3.53. The van der Waals surface area contributed by atoms with Gasteiger partial charge in [-0.2, -0.15) is 0 Å². The third-order valence-corrected chi connectivity index (χ3v) is 6.16. The minimum Gasteiger partial charge on any atom is -0.454 e. The summed E-state index contributed by atoms with van der Waals surface area (Å²) in [6.07, 6.45) is 3.24. The van der Waals surface area contributed by atoms with Gasteiger partial charge in [-0.25, -0.2) is 4.39 Å². The molecule has 2 saturated heterocycles. The van der Waals surface area contributed by atoms with E-state index >= 15 is 0 Å². The minimum absolute atomic E-state index is 0.148. The van der Waals surface area contributed by atoms with Gasteiger partial charge in [-0.3, -0.25) is 9.59 Å². The predicted octanol–water partition coefficient (Wildman–Crippen LogP) is 2.48. The molecule has 0 radical (unpaired) electrons. The van der Waals surface area contributed by atoms with Crippen molar-refractivity contribution in [3.63, 3.8) is 0 Å². The summed E-state index contributed by atoms with van der Waals surface area (Å²) in [6.45, 7) is 0.460. The molecular weight excluding hydrogens is 391 g/mol. The molecular formula is C22H17FN2O5. The first-order valence-electron chi connectivity index (χ1n) is 9.69. The van der Waals surface area contributed by atoms with Crippen LogP contribution in [0.5, 0.6) is 11.5 Å². The van der Waals surface area contributed by atoms with E-state index in [1.807, 2.05) is 12.2 Å². The first-order valence-corrected chi connectivity index (χ1v) is 9.69. The summed E-state index contributed by atoms with van der Waals surface area (Å²) in [5.74, 6) is -1.11. The fraction of sp³-hybridized carbons (Fsp3) is 0.273. The SMILES string of the molecule is O=C(Nc1cccc(F)c1)[C@H]1[C@@H]2C=C[C@]3(CN(c4ccc5c(c4)OCO5)C(=O)[C@H]13)O2. The molecule has 0 unspecified atom stereocenters. The van der Waals surface area contributed by atoms with E-state index in [2.05, 4.69) is 5.32 Å². The van der Waals surface area contributed by atoms with Crippen LogP contribution in [0.2, 0.25) is 0 Å². The number of ether oxygens (including phenoxy) is 3. The van der Waals surface area contributed by atoms with Crippen molar-refractivity contribution in [2.75, 3.05) is 23.6 Å². The zero-order valence-electron chi connectivity index (χ0n) is 15.7. The number of carbonyl (C=O) groups excluding carboxylic acids is 2. The van der Waals surface area contributed by atoms with Crippen molar-refractivity contribution in [1.29, 1.82) is 0 Å². The fourth-order valence-electron chi connectivity index (χ4n) is 4.86. The molecule has 2 bridgehead atoms. The van der Waals surface area contributed by atoms with Gasteiger partial charge in [0.05, 0.1) is 24.5 Å². The van der Waals surface area contributed by atoms with Crippen molar-refractivity contribution in [3.8, 4) is 11.5 Å². The molecule has 4 atom stereocenters. The maximum atomic E-state index is 13.5. The fourth-order valence-corrected chi connectivity index (χ4v) is 4.86. The van der Waals surface area contributed by atoms with E-state index in [1.165, 1.54) is 18.2 Å². The minimum atomic E-state index is -0.845. The number of hydrogen-bond acceptors (Lipinski definition) is 5. The number of rotatable bonds is 3. The molecule has 4 aliphatic heterocycles. The van der Waals surface area contributed by atoms with Gasteiger partial charge in [0.15, 0.2) is 11.5 Å². The van der Waals surface area contributed by atoms with E-state index in [-0.39, 0.29) is 18.6 Å². The summed E-state index contributed by atoms with van der Waals surface area (Å²) < 4.78 is 30.4. The summed E-state index contributed by atoms with van der Waals surface area (Å²) in [5, 5.41) is 2.73. The first kappa shape index (κ1) is 17.5. The van der Waals surface area contributed by atoms with Crippen LogP contribution in [0, 0.1) is 17.7 Å². The summed E-state index contributed by atoms with van der Waals surface area (Å²) in [6, 6.07) is 11.0. The average Bonchev–Trinajstić information content (AvgIpc) is 3.48. The summed E-state index contributed by atoms with van der Waals surface area (Å²) in [4.78, 5) is 28.1. The number of fused-ring (bicyclic) bond motifs is 2. The van der Waals surface area contributed by atoms with Crippen LogP contribution in [0.25, 0.3) is 0 Å². The third kappa shape index (κ3) is 2.40. The Morgan fingerprint density at radius 3 is 2.90 bits per heavy atom. The normalized spacial score (nSPS) is 30.1. The average molecular weight is 408 g/mol. The molecule has 7 nitrogen and oxygen atoms in total. The lowest BCUT2D eigenvalue weighted by atomic mass is 9.77. The van der Waals surface area contributed by atoms with Gasteiger partial charge in [0.2, 0.25) is 18.6 Å². The van der Waals surface area contributed by atoms with Crippen molar-refractivity contribution >= 4 is 23.2 Å². The molecule has 2 amide bonds. The van der Waals surface area contributed by atoms with Gasteiger partial charge < -0.3 is 24.4 Å². The third-order valence-electron chi connectivity index (χ3n) is 6.16. The molecule has 2 aromatic rings. The summed E-state index contributed by atoms with van der Waals surface area (Å²) in [5.41, 5.74) is 0.166. The van der Waals surface area contributed by atoms with E-state index in [0.717, 1.165) is 0 Å². The van der Waals surface area contributed by atoms with Crippen molar-refractivity contribution in [2.24, 2.45) is 11.8 Å². The van der Waals surface area contributed by atoms with Crippen LogP contribution in [-0.4, -0.2) is 36.9 Å². The van der Waals surface area contributed by atoms with Crippen LogP contribution < -0.4 is 19.7 Å². The number of benzene rings is 2. The smallest absolute Gasteiger partial charge is 0.234 e. The molecule has 1 N–H and O–H groups in total. The van der Waals surface area contributed by atoms with Crippen LogP contribution in [0.3, 0.4) is 0 Å². The largest absolute Gasteiger partial charge is 0.454 e. The predicted molar refractivity (Wildman–Crippen MR) is 104 cm³/mol.